The molecule has 1 aliphatic carbocycles. The van der Waals surface area contributed by atoms with Crippen LogP contribution in [0.2, 0.25) is 0 Å². The van der Waals surface area contributed by atoms with Crippen LogP contribution in [0, 0.1) is 0 Å². The lowest BCUT2D eigenvalue weighted by atomic mass is 9.90. The summed E-state index contributed by atoms with van der Waals surface area (Å²) < 4.78 is 0. The summed E-state index contributed by atoms with van der Waals surface area (Å²) in [7, 11) is 0. The summed E-state index contributed by atoms with van der Waals surface area (Å²) in [6, 6.07) is 0.842. The average molecular weight is 184 g/mol. The highest BCUT2D eigenvalue weighted by molar-refractivity contribution is 5.73. The van der Waals surface area contributed by atoms with E-state index in [1.165, 1.54) is 19.3 Å². The van der Waals surface area contributed by atoms with E-state index in [2.05, 4.69) is 17.6 Å². The lowest BCUT2D eigenvalue weighted by Gasteiger charge is -2.32. The molecule has 1 saturated carbocycles. The Balaban J connectivity index is 2.41. The van der Waals surface area contributed by atoms with E-state index < -0.39 is 0 Å². The van der Waals surface area contributed by atoms with Crippen molar-refractivity contribution >= 4 is 5.91 Å². The fourth-order valence-corrected chi connectivity index (χ4v) is 2.07. The lowest BCUT2D eigenvalue weighted by molar-refractivity contribution is -0.120. The molecule has 0 heterocycles. The maximum atomic E-state index is 10.9. The number of hydrogen-bond donors (Lipinski definition) is 2. The Morgan fingerprint density at radius 3 is 2.46 bits per heavy atom. The molecule has 0 aromatic rings. The van der Waals surface area contributed by atoms with E-state index in [1.807, 2.05) is 0 Å². The predicted octanol–water partition coefficient (Wildman–Crippen LogP) is 1.04. The molecule has 0 aliphatic heterocycles. The highest BCUT2D eigenvalue weighted by Gasteiger charge is 2.24. The summed E-state index contributed by atoms with van der Waals surface area (Å²) in [6.45, 7) is 4.69. The van der Waals surface area contributed by atoms with Gasteiger partial charge in [0.05, 0.1) is 0 Å². The summed E-state index contributed by atoms with van der Waals surface area (Å²) >= 11 is 0. The third-order valence-electron chi connectivity index (χ3n) is 2.62. The first kappa shape index (κ1) is 10.5. The molecule has 1 rings (SSSR count). The second kappa shape index (κ2) is 5.22. The topological polar surface area (TPSA) is 41.1 Å². The lowest BCUT2D eigenvalue weighted by Crippen LogP contribution is -2.51. The molecule has 2 atom stereocenters. The van der Waals surface area contributed by atoms with Gasteiger partial charge in [-0.1, -0.05) is 19.8 Å². The highest BCUT2D eigenvalue weighted by Crippen LogP contribution is 2.18. The van der Waals surface area contributed by atoms with Gasteiger partial charge in [-0.25, -0.2) is 0 Å². The molecule has 0 bridgehead atoms. The van der Waals surface area contributed by atoms with Crippen LogP contribution in [0.3, 0.4) is 0 Å². The summed E-state index contributed by atoms with van der Waals surface area (Å²) in [5.41, 5.74) is 0. The van der Waals surface area contributed by atoms with Crippen LogP contribution in [-0.2, 0) is 4.79 Å². The maximum absolute atomic E-state index is 10.9. The molecule has 3 heteroatoms. The number of carbonyl (C=O) groups is 1. The Morgan fingerprint density at radius 2 is 1.92 bits per heavy atom. The summed E-state index contributed by atoms with van der Waals surface area (Å²) in [6.07, 6.45) is 4.84. The van der Waals surface area contributed by atoms with Crippen molar-refractivity contribution in [3.8, 4) is 0 Å². The Hall–Kier alpha value is -0.570. The van der Waals surface area contributed by atoms with Gasteiger partial charge < -0.3 is 10.6 Å². The van der Waals surface area contributed by atoms with E-state index >= 15 is 0 Å². The molecule has 1 aliphatic rings. The van der Waals surface area contributed by atoms with Crippen LogP contribution in [0.15, 0.2) is 0 Å². The Bertz CT molecular complexity index is 168. The molecular formula is C10H20N2O. The molecule has 2 N–H and O–H groups in total. The first-order valence-corrected chi connectivity index (χ1v) is 5.24. The van der Waals surface area contributed by atoms with E-state index in [0.29, 0.717) is 12.1 Å². The molecule has 0 radical (unpaired) electrons. The second-order valence-electron chi connectivity index (χ2n) is 3.76. The van der Waals surface area contributed by atoms with Gasteiger partial charge in [-0.15, -0.1) is 0 Å². The molecule has 13 heavy (non-hydrogen) atoms. The van der Waals surface area contributed by atoms with Gasteiger partial charge in [-0.2, -0.15) is 0 Å². The minimum absolute atomic E-state index is 0.0924. The number of carbonyl (C=O) groups excluding carboxylic acids is 1. The fourth-order valence-electron chi connectivity index (χ4n) is 2.07. The standard InChI is InChI=1S/C10H20N2O/c1-3-11-9-6-4-5-7-10(9)12-8(2)13/h9-11H,3-7H2,1-2H3,(H,12,13)/t9-,10-/m1/s1. The molecule has 0 aromatic heterocycles. The monoisotopic (exact) mass is 184 g/mol. The van der Waals surface area contributed by atoms with Crippen LogP contribution >= 0.6 is 0 Å². The molecule has 1 fully saturated rings. The van der Waals surface area contributed by atoms with Crippen molar-refractivity contribution in [1.82, 2.24) is 10.6 Å². The Labute approximate surface area is 80.3 Å². The zero-order chi connectivity index (χ0) is 9.68. The normalized spacial score (nSPS) is 28.5. The molecule has 76 valence electrons. The van der Waals surface area contributed by atoms with Crippen LogP contribution in [0.4, 0.5) is 0 Å². The van der Waals surface area contributed by atoms with Gasteiger partial charge in [0, 0.05) is 19.0 Å². The number of rotatable bonds is 3. The number of amides is 1. The van der Waals surface area contributed by atoms with Crippen LogP contribution in [-0.4, -0.2) is 24.5 Å². The minimum atomic E-state index is 0.0924. The predicted molar refractivity (Wildman–Crippen MR) is 53.5 cm³/mol. The smallest absolute Gasteiger partial charge is 0.217 e. The quantitative estimate of drug-likeness (QED) is 0.688. The third kappa shape index (κ3) is 3.35. The number of nitrogens with one attached hydrogen (secondary N) is 2. The van der Waals surface area contributed by atoms with E-state index in [-0.39, 0.29) is 5.91 Å². The van der Waals surface area contributed by atoms with Gasteiger partial charge in [-0.05, 0) is 19.4 Å². The first-order chi connectivity index (χ1) is 6.24. The first-order valence-electron chi connectivity index (χ1n) is 5.24. The summed E-state index contributed by atoms with van der Waals surface area (Å²) in [5.74, 6) is 0.0924. The zero-order valence-corrected chi connectivity index (χ0v) is 8.60. The van der Waals surface area contributed by atoms with E-state index in [4.69, 9.17) is 0 Å². The Morgan fingerprint density at radius 1 is 1.31 bits per heavy atom. The van der Waals surface area contributed by atoms with Gasteiger partial charge in [0.2, 0.25) is 5.91 Å². The molecule has 0 saturated heterocycles. The van der Waals surface area contributed by atoms with Crippen molar-refractivity contribution in [1.29, 1.82) is 0 Å². The van der Waals surface area contributed by atoms with Crippen LogP contribution in [0.25, 0.3) is 0 Å². The van der Waals surface area contributed by atoms with Gasteiger partial charge in [-0.3, -0.25) is 4.79 Å². The molecule has 0 unspecified atom stereocenters. The molecule has 1 amide bonds. The SMILES string of the molecule is CCN[C@@H]1CCCC[C@H]1NC(C)=O. The molecular weight excluding hydrogens is 164 g/mol. The van der Waals surface area contributed by atoms with Crippen molar-refractivity contribution in [3.63, 3.8) is 0 Å². The van der Waals surface area contributed by atoms with Crippen LogP contribution in [0.5, 0.6) is 0 Å². The Kier molecular flexibility index (Phi) is 4.22. The maximum Gasteiger partial charge on any atom is 0.217 e. The van der Waals surface area contributed by atoms with Crippen LogP contribution in [0.1, 0.15) is 39.5 Å². The third-order valence-corrected chi connectivity index (χ3v) is 2.62. The zero-order valence-electron chi connectivity index (χ0n) is 8.60. The summed E-state index contributed by atoms with van der Waals surface area (Å²) in [4.78, 5) is 10.9. The van der Waals surface area contributed by atoms with Crippen molar-refractivity contribution in [2.75, 3.05) is 6.54 Å². The second-order valence-corrected chi connectivity index (χ2v) is 3.76. The largest absolute Gasteiger partial charge is 0.352 e. The number of likely N-dealkylation sites (N-methyl/N-ethyl adjacent to an activating group) is 1. The van der Waals surface area contributed by atoms with Crippen LogP contribution < -0.4 is 10.6 Å². The highest BCUT2D eigenvalue weighted by atomic mass is 16.1. The minimum Gasteiger partial charge on any atom is -0.352 e. The molecule has 0 aromatic carbocycles. The van der Waals surface area contributed by atoms with E-state index in [0.717, 1.165) is 13.0 Å². The van der Waals surface area contributed by atoms with E-state index in [1.54, 1.807) is 6.92 Å². The van der Waals surface area contributed by atoms with Gasteiger partial charge >= 0.3 is 0 Å². The van der Waals surface area contributed by atoms with E-state index in [9.17, 15) is 4.79 Å². The molecule has 3 nitrogen and oxygen atoms in total. The number of hydrogen-bond acceptors (Lipinski definition) is 2. The summed E-state index contributed by atoms with van der Waals surface area (Å²) in [5, 5.41) is 6.44. The van der Waals surface area contributed by atoms with Crippen molar-refractivity contribution in [2.24, 2.45) is 0 Å². The molecule has 0 spiro atoms. The average Bonchev–Trinajstić information content (AvgIpc) is 2.08. The van der Waals surface area contributed by atoms with Gasteiger partial charge in [0.15, 0.2) is 0 Å². The van der Waals surface area contributed by atoms with Gasteiger partial charge in [0.25, 0.3) is 0 Å². The van der Waals surface area contributed by atoms with Gasteiger partial charge in [0.1, 0.15) is 0 Å². The van der Waals surface area contributed by atoms with Crippen molar-refractivity contribution in [2.45, 2.75) is 51.6 Å². The van der Waals surface area contributed by atoms with Crippen molar-refractivity contribution < 1.29 is 4.79 Å². The van der Waals surface area contributed by atoms with Crippen molar-refractivity contribution in [3.05, 3.63) is 0 Å². The fraction of sp³-hybridized carbons (Fsp3) is 0.900.